The van der Waals surface area contributed by atoms with Crippen LogP contribution in [0.15, 0.2) is 42.6 Å². The molecule has 2 aromatic rings. The highest BCUT2D eigenvalue weighted by atomic mass is 16.3. The molecule has 0 spiro atoms. The molecule has 34 heavy (non-hydrogen) atoms. The Morgan fingerprint density at radius 2 is 1.88 bits per heavy atom. The molecule has 1 amide bonds. The van der Waals surface area contributed by atoms with Crippen LogP contribution in [0.3, 0.4) is 0 Å². The van der Waals surface area contributed by atoms with E-state index in [1.54, 1.807) is 12.3 Å². The molecule has 7 heteroatoms. The second-order valence-corrected chi connectivity index (χ2v) is 11.2. The minimum atomic E-state index is -0.487. The molecular weight excluding hydrogens is 426 g/mol. The van der Waals surface area contributed by atoms with Crippen LogP contribution in [0.5, 0.6) is 0 Å². The molecule has 1 aromatic carbocycles. The van der Waals surface area contributed by atoms with Gasteiger partial charge in [0.1, 0.15) is 5.69 Å². The molecule has 1 aromatic heterocycles. The fraction of sp³-hybridized carbons (Fsp3) is 0.593. The van der Waals surface area contributed by atoms with Gasteiger partial charge in [-0.15, -0.1) is 0 Å². The van der Waals surface area contributed by atoms with Crippen LogP contribution < -0.4 is 10.2 Å². The quantitative estimate of drug-likeness (QED) is 0.713. The largest absolute Gasteiger partial charge is 0.390 e. The number of piperazine rings is 1. The lowest BCUT2D eigenvalue weighted by Gasteiger charge is -2.58. The molecule has 180 valence electrons. The van der Waals surface area contributed by atoms with Gasteiger partial charge in [0.25, 0.3) is 5.91 Å². The van der Waals surface area contributed by atoms with Gasteiger partial charge in [-0.25, -0.2) is 9.97 Å². The molecule has 2 N–H and O–H groups in total. The summed E-state index contributed by atoms with van der Waals surface area (Å²) in [7, 11) is 0. The second kappa shape index (κ2) is 8.61. The molecular formula is C27H35N5O2. The Kier molecular flexibility index (Phi) is 5.57. The van der Waals surface area contributed by atoms with E-state index in [2.05, 4.69) is 62.3 Å². The summed E-state index contributed by atoms with van der Waals surface area (Å²) in [6, 6.07) is 12.7. The molecule has 2 unspecified atom stereocenters. The lowest BCUT2D eigenvalue weighted by atomic mass is 9.52. The first kappa shape index (κ1) is 22.0. The summed E-state index contributed by atoms with van der Waals surface area (Å²) in [5.74, 6) is 1.93. The summed E-state index contributed by atoms with van der Waals surface area (Å²) in [6.07, 6.45) is 6.56. The summed E-state index contributed by atoms with van der Waals surface area (Å²) in [5.41, 5.74) is 1.28. The van der Waals surface area contributed by atoms with Crippen LogP contribution in [-0.2, 0) is 6.54 Å². The molecule has 4 saturated carbocycles. The van der Waals surface area contributed by atoms with E-state index in [-0.39, 0.29) is 18.0 Å². The number of benzene rings is 1. The average Bonchev–Trinajstić information content (AvgIpc) is 2.81. The zero-order valence-corrected chi connectivity index (χ0v) is 19.9. The summed E-state index contributed by atoms with van der Waals surface area (Å²) in [6.45, 7) is 5.86. The molecule has 1 aliphatic heterocycles. The lowest BCUT2D eigenvalue weighted by molar-refractivity contribution is -0.136. The van der Waals surface area contributed by atoms with Crippen LogP contribution in [0.4, 0.5) is 5.95 Å². The number of amides is 1. The first-order chi connectivity index (χ1) is 16.5. The first-order valence-corrected chi connectivity index (χ1v) is 12.8. The number of carbonyl (C=O) groups excluding carboxylic acids is 1. The van der Waals surface area contributed by atoms with Crippen molar-refractivity contribution >= 4 is 11.9 Å². The molecule has 7 nitrogen and oxygen atoms in total. The predicted molar refractivity (Wildman–Crippen MR) is 130 cm³/mol. The Labute approximate surface area is 201 Å². The molecule has 3 atom stereocenters. The third-order valence-electron chi connectivity index (χ3n) is 8.63. The molecule has 2 heterocycles. The minimum absolute atomic E-state index is 0.108. The van der Waals surface area contributed by atoms with E-state index in [1.807, 2.05) is 0 Å². The average molecular weight is 462 g/mol. The van der Waals surface area contributed by atoms with E-state index in [0.717, 1.165) is 58.3 Å². The number of hydrogen-bond donors (Lipinski definition) is 2. The van der Waals surface area contributed by atoms with Crippen LogP contribution >= 0.6 is 0 Å². The van der Waals surface area contributed by atoms with Crippen molar-refractivity contribution in [3.05, 3.63) is 53.9 Å². The van der Waals surface area contributed by atoms with Gasteiger partial charge in [-0.05, 0) is 68.4 Å². The van der Waals surface area contributed by atoms with Crippen molar-refractivity contribution in [3.63, 3.8) is 0 Å². The summed E-state index contributed by atoms with van der Waals surface area (Å²) in [4.78, 5) is 27.1. The van der Waals surface area contributed by atoms with Crippen LogP contribution in [0, 0.1) is 17.8 Å². The highest BCUT2D eigenvalue weighted by Crippen LogP contribution is 2.55. The smallest absolute Gasteiger partial charge is 0.270 e. The van der Waals surface area contributed by atoms with Gasteiger partial charge in [0.2, 0.25) is 5.95 Å². The highest BCUT2D eigenvalue weighted by molar-refractivity contribution is 5.92. The molecule has 5 fully saturated rings. The van der Waals surface area contributed by atoms with Crippen molar-refractivity contribution in [1.29, 1.82) is 0 Å². The summed E-state index contributed by atoms with van der Waals surface area (Å²) >= 11 is 0. The molecule has 4 bridgehead atoms. The third-order valence-corrected chi connectivity index (χ3v) is 8.63. The fourth-order valence-electron chi connectivity index (χ4n) is 7.37. The SMILES string of the molecule is C[C@@H]1CN(Cc2ccccc2)CCN1c1nccc(C(=O)NC2C3CC4CC2CC(O)(C4)C3)n1. The fourth-order valence-corrected chi connectivity index (χ4v) is 7.37. The van der Waals surface area contributed by atoms with Gasteiger partial charge in [0, 0.05) is 44.5 Å². The Bertz CT molecular complexity index is 1030. The number of aliphatic hydroxyl groups is 1. The third kappa shape index (κ3) is 4.20. The Hall–Kier alpha value is -2.51. The van der Waals surface area contributed by atoms with Gasteiger partial charge in [-0.2, -0.15) is 0 Å². The maximum absolute atomic E-state index is 13.2. The van der Waals surface area contributed by atoms with E-state index in [0.29, 0.717) is 29.4 Å². The van der Waals surface area contributed by atoms with Crippen molar-refractivity contribution in [2.45, 2.75) is 63.3 Å². The van der Waals surface area contributed by atoms with Gasteiger partial charge < -0.3 is 15.3 Å². The molecule has 7 rings (SSSR count). The summed E-state index contributed by atoms with van der Waals surface area (Å²) in [5, 5.41) is 14.1. The van der Waals surface area contributed by atoms with Gasteiger partial charge in [-0.3, -0.25) is 9.69 Å². The van der Waals surface area contributed by atoms with Gasteiger partial charge in [0.05, 0.1) is 5.60 Å². The van der Waals surface area contributed by atoms with Gasteiger partial charge in [0.15, 0.2) is 0 Å². The number of aromatic nitrogens is 2. The van der Waals surface area contributed by atoms with Crippen LogP contribution in [0.1, 0.15) is 55.1 Å². The number of carbonyl (C=O) groups is 1. The van der Waals surface area contributed by atoms with Crippen molar-refractivity contribution < 1.29 is 9.90 Å². The molecule has 1 saturated heterocycles. The zero-order chi connectivity index (χ0) is 23.3. The molecule has 5 aliphatic rings. The number of nitrogens with zero attached hydrogens (tertiary/aromatic N) is 4. The van der Waals surface area contributed by atoms with Crippen molar-refractivity contribution in [2.75, 3.05) is 24.5 Å². The number of nitrogens with one attached hydrogen (secondary N) is 1. The number of rotatable bonds is 5. The normalized spacial score (nSPS) is 34.9. The zero-order valence-electron chi connectivity index (χ0n) is 19.9. The molecule has 4 aliphatic carbocycles. The standard InChI is InChI=1S/C27H35N5O2/c1-18-16-31(17-19-5-3-2-4-6-19)9-10-32(18)26-28-8-7-23(29-26)25(33)30-24-21-11-20-12-22(24)15-27(34,13-20)14-21/h2-8,18,20-22,24,34H,9-17H2,1H3,(H,30,33)/t18-,20?,21?,22?,24?,27?/m1/s1. The van der Waals surface area contributed by atoms with Crippen LogP contribution in [0.2, 0.25) is 0 Å². The summed E-state index contributed by atoms with van der Waals surface area (Å²) < 4.78 is 0. The minimum Gasteiger partial charge on any atom is -0.390 e. The maximum Gasteiger partial charge on any atom is 0.270 e. The highest BCUT2D eigenvalue weighted by Gasteiger charge is 2.55. The first-order valence-electron chi connectivity index (χ1n) is 12.8. The van der Waals surface area contributed by atoms with Gasteiger partial charge >= 0.3 is 0 Å². The van der Waals surface area contributed by atoms with E-state index in [4.69, 9.17) is 0 Å². The Morgan fingerprint density at radius 3 is 2.59 bits per heavy atom. The van der Waals surface area contributed by atoms with E-state index in [9.17, 15) is 9.90 Å². The number of hydrogen-bond acceptors (Lipinski definition) is 6. The van der Waals surface area contributed by atoms with E-state index >= 15 is 0 Å². The van der Waals surface area contributed by atoms with Crippen molar-refractivity contribution in [3.8, 4) is 0 Å². The second-order valence-electron chi connectivity index (χ2n) is 11.2. The Balaban J connectivity index is 1.10. The van der Waals surface area contributed by atoms with Crippen LogP contribution in [-0.4, -0.2) is 63.2 Å². The monoisotopic (exact) mass is 461 g/mol. The van der Waals surface area contributed by atoms with E-state index < -0.39 is 5.60 Å². The van der Waals surface area contributed by atoms with Crippen molar-refractivity contribution in [1.82, 2.24) is 20.2 Å². The van der Waals surface area contributed by atoms with Gasteiger partial charge in [-0.1, -0.05) is 30.3 Å². The van der Waals surface area contributed by atoms with Crippen molar-refractivity contribution in [2.24, 2.45) is 17.8 Å². The predicted octanol–water partition coefficient (Wildman–Crippen LogP) is 2.86. The lowest BCUT2D eigenvalue weighted by Crippen LogP contribution is -2.61. The molecule has 0 radical (unpaired) electrons. The van der Waals surface area contributed by atoms with Crippen LogP contribution in [0.25, 0.3) is 0 Å². The Morgan fingerprint density at radius 1 is 1.12 bits per heavy atom. The number of anilines is 1. The van der Waals surface area contributed by atoms with E-state index in [1.165, 1.54) is 5.56 Å². The topological polar surface area (TPSA) is 81.6 Å². The maximum atomic E-state index is 13.2.